The van der Waals surface area contributed by atoms with E-state index in [1.54, 1.807) is 0 Å². The van der Waals surface area contributed by atoms with Gasteiger partial charge in [0, 0.05) is 32.7 Å². The van der Waals surface area contributed by atoms with Crippen molar-refractivity contribution in [2.45, 2.75) is 0 Å². The second kappa shape index (κ2) is 6.51. The Morgan fingerprint density at radius 2 is 1.94 bits per heavy atom. The predicted molar refractivity (Wildman–Crippen MR) is 60.8 cm³/mol. The Bertz CT molecular complexity index is 288. The highest BCUT2D eigenvalue weighted by atomic mass is 32.2. The summed E-state index contributed by atoms with van der Waals surface area (Å²) >= 11 is 0. The molecule has 0 spiro atoms. The summed E-state index contributed by atoms with van der Waals surface area (Å²) in [5.74, 6) is 0. The zero-order valence-electron chi connectivity index (χ0n) is 9.63. The van der Waals surface area contributed by atoms with Gasteiger partial charge in [0.1, 0.15) is 0 Å². The van der Waals surface area contributed by atoms with Gasteiger partial charge in [-0.05, 0) is 0 Å². The fraction of sp³-hybridized carbons (Fsp3) is 1.00. The largest absolute Gasteiger partial charge is 0.395 e. The number of hydrogen-bond acceptors (Lipinski definition) is 5. The SMILES string of the molecule is CS(=O)(=O)N(CCO)CCN1CCOCC1. The van der Waals surface area contributed by atoms with Crippen molar-refractivity contribution in [1.82, 2.24) is 9.21 Å². The van der Waals surface area contributed by atoms with Crippen LogP contribution >= 0.6 is 0 Å². The molecule has 1 heterocycles. The minimum Gasteiger partial charge on any atom is -0.395 e. The molecule has 1 fully saturated rings. The van der Waals surface area contributed by atoms with Crippen LogP contribution in [0.3, 0.4) is 0 Å². The molecule has 0 radical (unpaired) electrons. The Balaban J connectivity index is 2.37. The van der Waals surface area contributed by atoms with E-state index in [-0.39, 0.29) is 13.2 Å². The van der Waals surface area contributed by atoms with Gasteiger partial charge in [0.25, 0.3) is 0 Å². The van der Waals surface area contributed by atoms with Crippen LogP contribution in [0.5, 0.6) is 0 Å². The molecular weight excluding hydrogens is 232 g/mol. The zero-order chi connectivity index (χ0) is 12.0. The highest BCUT2D eigenvalue weighted by Crippen LogP contribution is 2.01. The van der Waals surface area contributed by atoms with Crippen LogP contribution in [0.2, 0.25) is 0 Å². The van der Waals surface area contributed by atoms with Crippen molar-refractivity contribution in [3.8, 4) is 0 Å². The lowest BCUT2D eigenvalue weighted by atomic mass is 10.4. The summed E-state index contributed by atoms with van der Waals surface area (Å²) in [7, 11) is -3.21. The third kappa shape index (κ3) is 4.75. The summed E-state index contributed by atoms with van der Waals surface area (Å²) in [5.41, 5.74) is 0. The van der Waals surface area contributed by atoms with E-state index >= 15 is 0 Å². The van der Waals surface area contributed by atoms with Crippen molar-refractivity contribution >= 4 is 10.0 Å². The number of sulfonamides is 1. The molecule has 1 N–H and O–H groups in total. The maximum atomic E-state index is 11.4. The van der Waals surface area contributed by atoms with Gasteiger partial charge >= 0.3 is 0 Å². The average molecular weight is 252 g/mol. The van der Waals surface area contributed by atoms with Crippen LogP contribution in [0.25, 0.3) is 0 Å². The third-order valence-corrected chi connectivity index (χ3v) is 3.89. The second-order valence-electron chi connectivity index (χ2n) is 3.84. The molecule has 96 valence electrons. The van der Waals surface area contributed by atoms with Gasteiger partial charge < -0.3 is 9.84 Å². The lowest BCUT2D eigenvalue weighted by molar-refractivity contribution is 0.0360. The van der Waals surface area contributed by atoms with E-state index in [1.807, 2.05) is 0 Å². The standard InChI is InChI=1S/C9H20N2O4S/c1-16(13,14)11(4-7-12)3-2-10-5-8-15-9-6-10/h12H,2-9H2,1H3. The minimum atomic E-state index is -3.21. The van der Waals surface area contributed by atoms with Gasteiger partial charge in [0.2, 0.25) is 10.0 Å². The molecule has 0 aromatic rings. The summed E-state index contributed by atoms with van der Waals surface area (Å²) in [6, 6.07) is 0. The van der Waals surface area contributed by atoms with Crippen molar-refractivity contribution in [3.05, 3.63) is 0 Å². The molecule has 1 aliphatic heterocycles. The number of hydrogen-bond donors (Lipinski definition) is 1. The average Bonchev–Trinajstić information content (AvgIpc) is 2.24. The summed E-state index contributed by atoms with van der Waals surface area (Å²) in [5, 5.41) is 8.80. The number of nitrogens with zero attached hydrogens (tertiary/aromatic N) is 2. The first kappa shape index (κ1) is 13.9. The molecule has 1 saturated heterocycles. The van der Waals surface area contributed by atoms with Gasteiger partial charge in [-0.15, -0.1) is 0 Å². The number of aliphatic hydroxyl groups excluding tert-OH is 1. The Kier molecular flexibility index (Phi) is 5.63. The van der Waals surface area contributed by atoms with Gasteiger partial charge in [-0.2, -0.15) is 4.31 Å². The van der Waals surface area contributed by atoms with Gasteiger partial charge in [-0.1, -0.05) is 0 Å². The molecule has 0 aromatic heterocycles. The fourth-order valence-electron chi connectivity index (χ4n) is 1.63. The minimum absolute atomic E-state index is 0.143. The van der Waals surface area contributed by atoms with Crippen LogP contribution < -0.4 is 0 Å². The molecule has 6 nitrogen and oxygen atoms in total. The maximum Gasteiger partial charge on any atom is 0.211 e. The topological polar surface area (TPSA) is 70.1 Å². The quantitative estimate of drug-likeness (QED) is 0.628. The molecule has 7 heteroatoms. The highest BCUT2D eigenvalue weighted by molar-refractivity contribution is 7.88. The third-order valence-electron chi connectivity index (χ3n) is 2.59. The molecule has 0 saturated carbocycles. The summed E-state index contributed by atoms with van der Waals surface area (Å²) in [6.07, 6.45) is 1.17. The summed E-state index contributed by atoms with van der Waals surface area (Å²) in [4.78, 5) is 2.17. The molecule has 0 bridgehead atoms. The number of rotatable bonds is 6. The monoisotopic (exact) mass is 252 g/mol. The van der Waals surface area contributed by atoms with Crippen molar-refractivity contribution in [3.63, 3.8) is 0 Å². The Morgan fingerprint density at radius 3 is 2.44 bits per heavy atom. The van der Waals surface area contributed by atoms with Gasteiger partial charge in [0.05, 0.1) is 26.1 Å². The smallest absolute Gasteiger partial charge is 0.211 e. The predicted octanol–water partition coefficient (Wildman–Crippen LogP) is -1.43. The lowest BCUT2D eigenvalue weighted by Crippen LogP contribution is -2.43. The van der Waals surface area contributed by atoms with Crippen LogP contribution in [0, 0.1) is 0 Å². The number of aliphatic hydroxyl groups is 1. The summed E-state index contributed by atoms with van der Waals surface area (Å²) in [6.45, 7) is 4.25. The first-order valence-electron chi connectivity index (χ1n) is 5.40. The molecule has 0 amide bonds. The van der Waals surface area contributed by atoms with Crippen LogP contribution in [-0.4, -0.2) is 81.5 Å². The molecule has 0 aliphatic carbocycles. The number of morpholine rings is 1. The first-order valence-corrected chi connectivity index (χ1v) is 7.25. The van der Waals surface area contributed by atoms with Gasteiger partial charge in [-0.25, -0.2) is 8.42 Å². The normalized spacial score (nSPS) is 19.2. The molecule has 1 rings (SSSR count). The second-order valence-corrected chi connectivity index (χ2v) is 5.82. The van der Waals surface area contributed by atoms with E-state index in [0.717, 1.165) is 13.1 Å². The lowest BCUT2D eigenvalue weighted by Gasteiger charge is -2.28. The van der Waals surface area contributed by atoms with E-state index in [1.165, 1.54) is 10.6 Å². The van der Waals surface area contributed by atoms with Crippen LogP contribution in [0.1, 0.15) is 0 Å². The van der Waals surface area contributed by atoms with Crippen LogP contribution in [0.4, 0.5) is 0 Å². The fourth-order valence-corrected chi connectivity index (χ4v) is 2.46. The van der Waals surface area contributed by atoms with Crippen molar-refractivity contribution < 1.29 is 18.3 Å². The van der Waals surface area contributed by atoms with E-state index < -0.39 is 10.0 Å². The van der Waals surface area contributed by atoms with E-state index in [9.17, 15) is 8.42 Å². The molecule has 16 heavy (non-hydrogen) atoms. The maximum absolute atomic E-state index is 11.4. The Morgan fingerprint density at radius 1 is 1.31 bits per heavy atom. The van der Waals surface area contributed by atoms with Crippen LogP contribution in [0.15, 0.2) is 0 Å². The molecule has 0 aromatic carbocycles. The molecule has 1 aliphatic rings. The molecular formula is C9H20N2O4S. The van der Waals surface area contributed by atoms with Crippen LogP contribution in [-0.2, 0) is 14.8 Å². The first-order chi connectivity index (χ1) is 7.54. The van der Waals surface area contributed by atoms with Crippen molar-refractivity contribution in [2.75, 3.05) is 58.8 Å². The Hall–Kier alpha value is -0.210. The van der Waals surface area contributed by atoms with Gasteiger partial charge in [0.15, 0.2) is 0 Å². The highest BCUT2D eigenvalue weighted by Gasteiger charge is 2.18. The van der Waals surface area contributed by atoms with E-state index in [4.69, 9.17) is 9.84 Å². The van der Waals surface area contributed by atoms with E-state index in [0.29, 0.717) is 26.3 Å². The van der Waals surface area contributed by atoms with Crippen molar-refractivity contribution in [1.29, 1.82) is 0 Å². The Labute approximate surface area is 96.8 Å². The molecule has 0 unspecified atom stereocenters. The number of ether oxygens (including phenoxy) is 1. The van der Waals surface area contributed by atoms with Crippen molar-refractivity contribution in [2.24, 2.45) is 0 Å². The summed E-state index contributed by atoms with van der Waals surface area (Å²) < 4.78 is 29.2. The van der Waals surface area contributed by atoms with Gasteiger partial charge in [-0.3, -0.25) is 4.90 Å². The zero-order valence-corrected chi connectivity index (χ0v) is 10.4. The molecule has 0 atom stereocenters. The van der Waals surface area contributed by atoms with E-state index in [2.05, 4.69) is 4.90 Å².